The molecule has 1 aromatic rings. The van der Waals surface area contributed by atoms with Gasteiger partial charge in [0.15, 0.2) is 0 Å². The van der Waals surface area contributed by atoms with E-state index in [1.807, 2.05) is 12.1 Å². The molecule has 1 atom stereocenters. The van der Waals surface area contributed by atoms with Gasteiger partial charge in [-0.05, 0) is 25.6 Å². The highest BCUT2D eigenvalue weighted by molar-refractivity contribution is 6.31. The molecular formula is C14H21ClN2O. The Labute approximate surface area is 114 Å². The van der Waals surface area contributed by atoms with Crippen LogP contribution in [0, 0.1) is 0 Å². The maximum Gasteiger partial charge on any atom is 0.0716 e. The highest BCUT2D eigenvalue weighted by atomic mass is 35.5. The number of halogens is 1. The van der Waals surface area contributed by atoms with Crippen LogP contribution >= 0.6 is 11.6 Å². The molecule has 0 radical (unpaired) electrons. The number of piperazine rings is 1. The number of nitrogens with zero attached hydrogens (tertiary/aromatic N) is 2. The van der Waals surface area contributed by atoms with E-state index in [0.29, 0.717) is 11.1 Å². The van der Waals surface area contributed by atoms with Crippen LogP contribution in [0.15, 0.2) is 18.2 Å². The Morgan fingerprint density at radius 1 is 1.39 bits per heavy atom. The SMILES string of the molecule is CCC1CN(c2cccc(Cl)c2CO)CCN1C. The van der Waals surface area contributed by atoms with E-state index in [1.54, 1.807) is 0 Å². The third kappa shape index (κ3) is 2.63. The monoisotopic (exact) mass is 268 g/mol. The lowest BCUT2D eigenvalue weighted by molar-refractivity contribution is 0.212. The van der Waals surface area contributed by atoms with Crippen LogP contribution in [0.1, 0.15) is 18.9 Å². The van der Waals surface area contributed by atoms with Crippen molar-refractivity contribution in [2.45, 2.75) is 26.0 Å². The highest BCUT2D eigenvalue weighted by Crippen LogP contribution is 2.29. The zero-order valence-electron chi connectivity index (χ0n) is 11.1. The molecule has 1 aromatic carbocycles. The first kappa shape index (κ1) is 13.7. The average Bonchev–Trinajstić information content (AvgIpc) is 2.39. The average molecular weight is 269 g/mol. The molecule has 0 bridgehead atoms. The number of aliphatic hydroxyl groups is 1. The first-order chi connectivity index (χ1) is 8.67. The summed E-state index contributed by atoms with van der Waals surface area (Å²) in [5, 5.41) is 10.1. The van der Waals surface area contributed by atoms with E-state index in [4.69, 9.17) is 11.6 Å². The molecule has 1 aliphatic heterocycles. The second-order valence-electron chi connectivity index (χ2n) is 4.88. The van der Waals surface area contributed by atoms with Crippen LogP contribution < -0.4 is 4.90 Å². The molecule has 1 unspecified atom stereocenters. The van der Waals surface area contributed by atoms with Gasteiger partial charge in [0.25, 0.3) is 0 Å². The Hall–Kier alpha value is -0.770. The van der Waals surface area contributed by atoms with Gasteiger partial charge in [0.2, 0.25) is 0 Å². The summed E-state index contributed by atoms with van der Waals surface area (Å²) in [6.45, 7) is 5.25. The fourth-order valence-corrected chi connectivity index (χ4v) is 2.84. The second kappa shape index (κ2) is 5.91. The van der Waals surface area contributed by atoms with Crippen molar-refractivity contribution in [3.63, 3.8) is 0 Å². The summed E-state index contributed by atoms with van der Waals surface area (Å²) >= 11 is 6.15. The molecule has 0 amide bonds. The molecule has 18 heavy (non-hydrogen) atoms. The molecule has 0 aromatic heterocycles. The topological polar surface area (TPSA) is 26.7 Å². The summed E-state index contributed by atoms with van der Waals surface area (Å²) < 4.78 is 0. The smallest absolute Gasteiger partial charge is 0.0716 e. The van der Waals surface area contributed by atoms with Crippen molar-refractivity contribution in [3.05, 3.63) is 28.8 Å². The Bertz CT molecular complexity index is 411. The van der Waals surface area contributed by atoms with Gasteiger partial charge in [0.05, 0.1) is 6.61 Å². The molecule has 4 heteroatoms. The van der Waals surface area contributed by atoms with Gasteiger partial charge in [-0.3, -0.25) is 4.90 Å². The van der Waals surface area contributed by atoms with Crippen molar-refractivity contribution in [2.75, 3.05) is 31.6 Å². The lowest BCUT2D eigenvalue weighted by atomic mass is 10.1. The van der Waals surface area contributed by atoms with E-state index in [9.17, 15) is 5.11 Å². The van der Waals surface area contributed by atoms with Crippen molar-refractivity contribution >= 4 is 17.3 Å². The van der Waals surface area contributed by atoms with Crippen molar-refractivity contribution in [3.8, 4) is 0 Å². The molecule has 0 saturated carbocycles. The minimum Gasteiger partial charge on any atom is -0.392 e. The molecule has 1 aliphatic rings. The third-order valence-electron chi connectivity index (χ3n) is 3.84. The predicted molar refractivity (Wildman–Crippen MR) is 76.3 cm³/mol. The number of aliphatic hydroxyl groups excluding tert-OH is 1. The maximum absolute atomic E-state index is 9.48. The molecule has 1 fully saturated rings. The highest BCUT2D eigenvalue weighted by Gasteiger charge is 2.24. The van der Waals surface area contributed by atoms with Gasteiger partial charge >= 0.3 is 0 Å². The zero-order valence-corrected chi connectivity index (χ0v) is 11.8. The van der Waals surface area contributed by atoms with Crippen molar-refractivity contribution in [1.82, 2.24) is 4.90 Å². The van der Waals surface area contributed by atoms with Gasteiger partial charge in [0, 0.05) is 41.9 Å². The molecule has 0 spiro atoms. The molecule has 100 valence electrons. The van der Waals surface area contributed by atoms with E-state index in [0.717, 1.165) is 37.3 Å². The number of hydrogen-bond acceptors (Lipinski definition) is 3. The fraction of sp³-hybridized carbons (Fsp3) is 0.571. The third-order valence-corrected chi connectivity index (χ3v) is 4.20. The molecule has 1 heterocycles. The quantitative estimate of drug-likeness (QED) is 0.912. The first-order valence-corrected chi connectivity index (χ1v) is 6.88. The normalized spacial score (nSPS) is 21.3. The maximum atomic E-state index is 9.48. The second-order valence-corrected chi connectivity index (χ2v) is 5.29. The van der Waals surface area contributed by atoms with Crippen LogP contribution in [0.2, 0.25) is 5.02 Å². The Balaban J connectivity index is 2.24. The van der Waals surface area contributed by atoms with Crippen LogP contribution in [-0.4, -0.2) is 42.7 Å². The number of hydrogen-bond donors (Lipinski definition) is 1. The molecule has 2 rings (SSSR count). The Kier molecular flexibility index (Phi) is 4.49. The van der Waals surface area contributed by atoms with Gasteiger partial charge in [-0.15, -0.1) is 0 Å². The summed E-state index contributed by atoms with van der Waals surface area (Å²) in [5.74, 6) is 0. The number of rotatable bonds is 3. The molecule has 1 saturated heterocycles. The predicted octanol–water partition coefficient (Wildman–Crippen LogP) is 2.36. The van der Waals surface area contributed by atoms with Gasteiger partial charge in [-0.25, -0.2) is 0 Å². The number of benzene rings is 1. The molecular weight excluding hydrogens is 248 g/mol. The standard InChI is InChI=1S/C14H21ClN2O/c1-3-11-9-17(8-7-16(11)2)14-6-4-5-13(15)12(14)10-18/h4-6,11,18H,3,7-10H2,1-2H3. The minimum absolute atomic E-state index is 0.00185. The summed E-state index contributed by atoms with van der Waals surface area (Å²) in [6.07, 6.45) is 1.14. The van der Waals surface area contributed by atoms with E-state index in [-0.39, 0.29) is 6.61 Å². The van der Waals surface area contributed by atoms with Crippen molar-refractivity contribution < 1.29 is 5.11 Å². The zero-order chi connectivity index (χ0) is 13.1. The van der Waals surface area contributed by atoms with E-state index >= 15 is 0 Å². The Morgan fingerprint density at radius 2 is 2.17 bits per heavy atom. The molecule has 3 nitrogen and oxygen atoms in total. The largest absolute Gasteiger partial charge is 0.392 e. The first-order valence-electron chi connectivity index (χ1n) is 6.50. The lowest BCUT2D eigenvalue weighted by Crippen LogP contribution is -2.51. The van der Waals surface area contributed by atoms with Crippen LogP contribution in [-0.2, 0) is 6.61 Å². The van der Waals surface area contributed by atoms with E-state index < -0.39 is 0 Å². The van der Waals surface area contributed by atoms with E-state index in [2.05, 4.69) is 29.8 Å². The van der Waals surface area contributed by atoms with Gasteiger partial charge in [-0.1, -0.05) is 24.6 Å². The van der Waals surface area contributed by atoms with Crippen LogP contribution in [0.3, 0.4) is 0 Å². The summed E-state index contributed by atoms with van der Waals surface area (Å²) in [7, 11) is 2.18. The number of anilines is 1. The van der Waals surface area contributed by atoms with Crippen LogP contribution in [0.4, 0.5) is 5.69 Å². The van der Waals surface area contributed by atoms with Crippen molar-refractivity contribution in [2.24, 2.45) is 0 Å². The summed E-state index contributed by atoms with van der Waals surface area (Å²) in [6, 6.07) is 6.42. The molecule has 1 N–H and O–H groups in total. The van der Waals surface area contributed by atoms with E-state index in [1.165, 1.54) is 0 Å². The van der Waals surface area contributed by atoms with Crippen LogP contribution in [0.25, 0.3) is 0 Å². The van der Waals surface area contributed by atoms with Gasteiger partial charge in [0.1, 0.15) is 0 Å². The lowest BCUT2D eigenvalue weighted by Gasteiger charge is -2.41. The minimum atomic E-state index is -0.00185. The van der Waals surface area contributed by atoms with Gasteiger partial charge in [-0.2, -0.15) is 0 Å². The fourth-order valence-electron chi connectivity index (χ4n) is 2.61. The molecule has 0 aliphatic carbocycles. The number of likely N-dealkylation sites (N-methyl/N-ethyl adjacent to an activating group) is 1. The van der Waals surface area contributed by atoms with Crippen molar-refractivity contribution in [1.29, 1.82) is 0 Å². The van der Waals surface area contributed by atoms with Crippen LogP contribution in [0.5, 0.6) is 0 Å². The Morgan fingerprint density at radius 3 is 2.83 bits per heavy atom. The summed E-state index contributed by atoms with van der Waals surface area (Å²) in [4.78, 5) is 4.74. The van der Waals surface area contributed by atoms with Gasteiger partial charge < -0.3 is 10.0 Å². The summed E-state index contributed by atoms with van der Waals surface area (Å²) in [5.41, 5.74) is 1.93.